The van der Waals surface area contributed by atoms with Gasteiger partial charge in [-0.3, -0.25) is 29.1 Å². The first-order valence-electron chi connectivity index (χ1n) is 26.4. The molecule has 75 heavy (non-hydrogen) atoms. The molecule has 5 aromatic rings. The molecule has 18 nitrogen and oxygen atoms in total. The fourth-order valence-corrected chi connectivity index (χ4v) is 9.74. The number of urea groups is 1. The summed E-state index contributed by atoms with van der Waals surface area (Å²) in [4.78, 5) is 74.2. The third kappa shape index (κ3) is 18.0. The van der Waals surface area contributed by atoms with E-state index in [1.807, 2.05) is 92.6 Å². The van der Waals surface area contributed by atoms with E-state index in [4.69, 9.17) is 9.94 Å². The van der Waals surface area contributed by atoms with Crippen molar-refractivity contribution in [1.29, 1.82) is 0 Å². The number of aliphatic hydroxyl groups excluding tert-OH is 1. The molecule has 0 radical (unpaired) electrons. The van der Waals surface area contributed by atoms with E-state index in [9.17, 15) is 29.1 Å². The second-order valence-corrected chi connectivity index (χ2v) is 21.3. The molecule has 2 aromatic heterocycles. The predicted molar refractivity (Wildman–Crippen MR) is 289 cm³/mol. The minimum Gasteiger partial charge on any atom is -0.494 e. The fourth-order valence-electron chi connectivity index (χ4n) is 8.93. The summed E-state index contributed by atoms with van der Waals surface area (Å²) in [6, 6.07) is 20.1. The number of hydrogen-bond donors (Lipinski definition) is 6. The minimum atomic E-state index is -0.882. The second-order valence-electron chi connectivity index (χ2n) is 20.5. The van der Waals surface area contributed by atoms with Gasteiger partial charge in [-0.25, -0.2) is 15.3 Å². The molecule has 6 N–H and O–H groups in total. The summed E-state index contributed by atoms with van der Waals surface area (Å²) in [5, 5.41) is 37.0. The van der Waals surface area contributed by atoms with Crippen molar-refractivity contribution in [3.05, 3.63) is 113 Å². The van der Waals surface area contributed by atoms with Gasteiger partial charge in [-0.15, -0.1) is 16.4 Å². The van der Waals surface area contributed by atoms with Crippen LogP contribution in [-0.4, -0.2) is 108 Å². The largest absolute Gasteiger partial charge is 0.494 e. The zero-order chi connectivity index (χ0) is 53.7. The summed E-state index contributed by atoms with van der Waals surface area (Å²) in [6.07, 6.45) is 11.6. The average molecular weight is 1050 g/mol. The number of aromatic nitrogens is 4. The van der Waals surface area contributed by atoms with Gasteiger partial charge in [-0.2, -0.15) is 0 Å². The van der Waals surface area contributed by atoms with Crippen LogP contribution < -0.4 is 26.2 Å². The Kier molecular flexibility index (Phi) is 22.1. The van der Waals surface area contributed by atoms with Gasteiger partial charge in [0.05, 0.1) is 34.5 Å². The molecule has 0 saturated carbocycles. The Morgan fingerprint density at radius 3 is 2.27 bits per heavy atom. The Morgan fingerprint density at radius 1 is 0.880 bits per heavy atom. The molecule has 6 amide bonds. The van der Waals surface area contributed by atoms with Crippen molar-refractivity contribution in [2.75, 3.05) is 25.0 Å². The minimum absolute atomic E-state index is 0.0167. The number of aliphatic hydroxyl groups is 1. The van der Waals surface area contributed by atoms with Gasteiger partial charge in [0, 0.05) is 63.0 Å². The zero-order valence-corrected chi connectivity index (χ0v) is 45.0. The molecule has 1 saturated heterocycles. The molecule has 0 unspecified atom stereocenters. The number of aryl methyl sites for hydroxylation is 3. The molecular formula is C56H76N10O8S. The SMILES string of the molecule is CCCCN(Cc1ccc(C(=O)NO)cc1)C(=O)Nc1ccc(OCCCCCCCCn2cc(CCCCC(=O)N[C@H](C(=O)N3C[C@H](O)C[C@H]3C(=O)NCc3ccc(-c4scnc4C)cc3)C(C)(C)C)nn2)cc1. The zero-order valence-electron chi connectivity index (χ0n) is 44.2. The van der Waals surface area contributed by atoms with Crippen LogP contribution in [0.2, 0.25) is 0 Å². The number of anilines is 1. The molecule has 1 fully saturated rings. The number of benzene rings is 3. The number of hydroxylamine groups is 1. The lowest BCUT2D eigenvalue weighted by molar-refractivity contribution is -0.144. The lowest BCUT2D eigenvalue weighted by atomic mass is 9.85. The van der Waals surface area contributed by atoms with E-state index in [0.717, 1.165) is 103 Å². The van der Waals surface area contributed by atoms with Crippen molar-refractivity contribution < 1.29 is 39.0 Å². The number of rotatable bonds is 28. The molecule has 3 aromatic carbocycles. The third-order valence-corrected chi connectivity index (χ3v) is 14.3. The first-order chi connectivity index (χ1) is 36.1. The molecular weight excluding hydrogens is 973 g/mol. The van der Waals surface area contributed by atoms with E-state index >= 15 is 0 Å². The molecule has 0 spiro atoms. The second kappa shape index (κ2) is 28.8. The maximum Gasteiger partial charge on any atom is 0.322 e. The van der Waals surface area contributed by atoms with E-state index in [-0.39, 0.29) is 49.7 Å². The molecule has 0 aliphatic carbocycles. The number of carbonyl (C=O) groups excluding carboxylic acids is 5. The van der Waals surface area contributed by atoms with E-state index < -0.39 is 29.5 Å². The van der Waals surface area contributed by atoms with Gasteiger partial charge >= 0.3 is 6.03 Å². The highest BCUT2D eigenvalue weighted by Crippen LogP contribution is 2.29. The van der Waals surface area contributed by atoms with Crippen molar-refractivity contribution >= 4 is 46.7 Å². The van der Waals surface area contributed by atoms with Gasteiger partial charge in [-0.05, 0) is 104 Å². The molecule has 3 atom stereocenters. The Morgan fingerprint density at radius 2 is 1.59 bits per heavy atom. The summed E-state index contributed by atoms with van der Waals surface area (Å²) in [5.41, 5.74) is 8.48. The predicted octanol–water partition coefficient (Wildman–Crippen LogP) is 8.60. The van der Waals surface area contributed by atoms with Gasteiger partial charge in [0.15, 0.2) is 0 Å². The van der Waals surface area contributed by atoms with Gasteiger partial charge in [0.25, 0.3) is 5.91 Å². The van der Waals surface area contributed by atoms with E-state index in [0.29, 0.717) is 43.8 Å². The number of amides is 6. The van der Waals surface area contributed by atoms with Gasteiger partial charge in [0.1, 0.15) is 17.8 Å². The number of carbonyl (C=O) groups is 5. The number of likely N-dealkylation sites (tertiary alicyclic amines) is 1. The monoisotopic (exact) mass is 1050 g/mol. The van der Waals surface area contributed by atoms with Gasteiger partial charge in [0.2, 0.25) is 17.7 Å². The Bertz CT molecular complexity index is 2600. The Hall–Kier alpha value is -6.70. The van der Waals surface area contributed by atoms with Crippen LogP contribution in [0, 0.1) is 12.3 Å². The van der Waals surface area contributed by atoms with Crippen LogP contribution in [0.25, 0.3) is 10.4 Å². The first-order valence-corrected chi connectivity index (χ1v) is 27.3. The maximum atomic E-state index is 14.1. The van der Waals surface area contributed by atoms with Crippen LogP contribution in [0.3, 0.4) is 0 Å². The number of ether oxygens (including phenoxy) is 1. The number of hydrogen-bond acceptors (Lipinski definition) is 12. The quantitative estimate of drug-likeness (QED) is 0.0158. The standard InChI is InChI=1S/C56H76N10O8S/c1-6-7-30-64(35-41-20-24-43(25-21-41)52(69)62-73)55(72)59-44-26-28-47(29-27-44)74-32-15-11-9-8-10-14-31-65-36-45(61-63-65)16-12-13-17-49(68)60-51(56(3,4)5)54(71)66-37-46(67)33-48(66)53(70)57-34-40-18-22-42(23-19-40)50-39(2)58-38-75-50/h18-29,36,38,46,48,51,67,73H,6-17,30-35,37H2,1-5H3,(H,57,70)(H,59,72)(H,60,68)(H,62,69)/t46-,48+,51-/m1/s1. The van der Waals surface area contributed by atoms with Crippen LogP contribution in [0.4, 0.5) is 10.5 Å². The molecule has 404 valence electrons. The third-order valence-electron chi connectivity index (χ3n) is 13.3. The molecule has 0 bridgehead atoms. The maximum absolute atomic E-state index is 14.1. The van der Waals surface area contributed by atoms with Crippen molar-refractivity contribution in [2.45, 2.75) is 156 Å². The highest BCUT2D eigenvalue weighted by atomic mass is 32.1. The lowest BCUT2D eigenvalue weighted by Gasteiger charge is -2.35. The van der Waals surface area contributed by atoms with E-state index in [2.05, 4.69) is 38.2 Å². The van der Waals surface area contributed by atoms with Crippen LogP contribution in [0.5, 0.6) is 5.75 Å². The topological polar surface area (TPSA) is 233 Å². The summed E-state index contributed by atoms with van der Waals surface area (Å²) in [6.45, 7) is 12.3. The molecule has 3 heterocycles. The number of nitrogens with zero attached hydrogens (tertiary/aromatic N) is 6. The first kappa shape index (κ1) is 57.6. The Balaban J connectivity index is 0.815. The van der Waals surface area contributed by atoms with Crippen LogP contribution in [0.1, 0.15) is 138 Å². The van der Waals surface area contributed by atoms with Gasteiger partial charge in [-0.1, -0.05) is 101 Å². The lowest BCUT2D eigenvalue weighted by Crippen LogP contribution is -2.57. The van der Waals surface area contributed by atoms with E-state index in [1.165, 1.54) is 4.90 Å². The van der Waals surface area contributed by atoms with Crippen molar-refractivity contribution in [3.8, 4) is 16.2 Å². The van der Waals surface area contributed by atoms with Crippen molar-refractivity contribution in [3.63, 3.8) is 0 Å². The summed E-state index contributed by atoms with van der Waals surface area (Å²) < 4.78 is 7.85. The normalized spacial score (nSPS) is 14.8. The number of nitrogens with one attached hydrogen (secondary N) is 4. The summed E-state index contributed by atoms with van der Waals surface area (Å²) >= 11 is 1.58. The average Bonchev–Trinajstić information content (AvgIpc) is 4.16. The van der Waals surface area contributed by atoms with Crippen LogP contribution in [0.15, 0.2) is 84.5 Å². The smallest absolute Gasteiger partial charge is 0.322 e. The van der Waals surface area contributed by atoms with Gasteiger partial charge < -0.3 is 35.6 Å². The fraction of sp³-hybridized carbons (Fsp3) is 0.500. The Labute approximate surface area is 445 Å². The molecule has 1 aliphatic rings. The summed E-state index contributed by atoms with van der Waals surface area (Å²) in [5.74, 6) is -0.810. The van der Waals surface area contributed by atoms with Crippen molar-refractivity contribution in [1.82, 2.24) is 45.9 Å². The van der Waals surface area contributed by atoms with Crippen molar-refractivity contribution in [2.24, 2.45) is 5.41 Å². The molecule has 1 aliphatic heterocycles. The molecule has 6 rings (SSSR count). The molecule has 19 heteroatoms. The van der Waals surface area contributed by atoms with Crippen LogP contribution >= 0.6 is 11.3 Å². The highest BCUT2D eigenvalue weighted by molar-refractivity contribution is 7.13. The summed E-state index contributed by atoms with van der Waals surface area (Å²) in [7, 11) is 0. The number of β-amino-alcohol motifs (C(OH)–C–C–N with tert-alkyl or cyclic N) is 1. The van der Waals surface area contributed by atoms with E-state index in [1.54, 1.807) is 46.0 Å². The number of thiazole rings is 1. The number of unbranched alkanes of at least 4 members (excludes halogenated alkanes) is 7. The highest BCUT2D eigenvalue weighted by Gasteiger charge is 2.44. The van der Waals surface area contributed by atoms with Crippen LogP contribution in [-0.2, 0) is 40.4 Å².